The third-order valence-electron chi connectivity index (χ3n) is 2.81. The molecule has 1 aliphatic rings. The molecular formula is C14H9Cl2NO3. The minimum absolute atomic E-state index is 0.170. The third-order valence-corrected chi connectivity index (χ3v) is 3.36. The number of rotatable bonds is 2. The lowest BCUT2D eigenvalue weighted by Gasteiger charge is -2.08. The van der Waals surface area contributed by atoms with Crippen LogP contribution in [0.1, 0.15) is 10.4 Å². The zero-order valence-corrected chi connectivity index (χ0v) is 11.7. The van der Waals surface area contributed by atoms with Crippen molar-refractivity contribution in [3.05, 3.63) is 52.0 Å². The second-order valence-electron chi connectivity index (χ2n) is 4.15. The van der Waals surface area contributed by atoms with Crippen LogP contribution in [0.25, 0.3) is 0 Å². The van der Waals surface area contributed by atoms with Crippen molar-refractivity contribution in [1.82, 2.24) is 0 Å². The Kier molecular flexibility index (Phi) is 3.42. The molecule has 2 aromatic rings. The van der Waals surface area contributed by atoms with Gasteiger partial charge in [-0.3, -0.25) is 4.79 Å². The molecule has 1 N–H and O–H groups in total. The molecule has 1 aliphatic heterocycles. The van der Waals surface area contributed by atoms with Gasteiger partial charge in [-0.1, -0.05) is 23.2 Å². The molecule has 1 amide bonds. The molecule has 0 atom stereocenters. The Morgan fingerprint density at radius 3 is 2.65 bits per heavy atom. The highest BCUT2D eigenvalue weighted by Crippen LogP contribution is 2.33. The molecule has 0 saturated heterocycles. The first-order valence-corrected chi connectivity index (χ1v) is 6.55. The first-order chi connectivity index (χ1) is 9.63. The van der Waals surface area contributed by atoms with Gasteiger partial charge in [-0.15, -0.1) is 0 Å². The summed E-state index contributed by atoms with van der Waals surface area (Å²) in [5.41, 5.74) is 0.957. The quantitative estimate of drug-likeness (QED) is 0.913. The molecule has 6 heteroatoms. The molecule has 20 heavy (non-hydrogen) atoms. The second-order valence-corrected chi connectivity index (χ2v) is 4.99. The summed E-state index contributed by atoms with van der Waals surface area (Å²) >= 11 is 11.8. The average Bonchev–Trinajstić information content (AvgIpc) is 2.89. The largest absolute Gasteiger partial charge is 0.454 e. The minimum Gasteiger partial charge on any atom is -0.454 e. The minimum atomic E-state index is -0.285. The normalized spacial score (nSPS) is 12.3. The monoisotopic (exact) mass is 309 g/mol. The number of ether oxygens (including phenoxy) is 2. The number of carbonyl (C=O) groups excluding carboxylic acids is 1. The van der Waals surface area contributed by atoms with Gasteiger partial charge in [0.2, 0.25) is 6.79 Å². The number of amides is 1. The van der Waals surface area contributed by atoms with Crippen LogP contribution in [0.15, 0.2) is 36.4 Å². The highest BCUT2D eigenvalue weighted by molar-refractivity contribution is 6.36. The van der Waals surface area contributed by atoms with E-state index in [9.17, 15) is 4.79 Å². The molecule has 0 bridgehead atoms. The van der Waals surface area contributed by atoms with Crippen LogP contribution in [0.2, 0.25) is 10.0 Å². The number of nitrogens with one attached hydrogen (secondary N) is 1. The second kappa shape index (κ2) is 5.23. The van der Waals surface area contributed by atoms with Gasteiger partial charge in [0, 0.05) is 10.6 Å². The molecule has 102 valence electrons. The van der Waals surface area contributed by atoms with Crippen molar-refractivity contribution in [3.8, 4) is 11.5 Å². The number of fused-ring (bicyclic) bond motifs is 1. The maximum atomic E-state index is 12.2. The Morgan fingerprint density at radius 2 is 1.85 bits per heavy atom. The van der Waals surface area contributed by atoms with Crippen molar-refractivity contribution in [2.75, 3.05) is 12.1 Å². The molecule has 1 heterocycles. The fourth-order valence-corrected chi connectivity index (χ4v) is 2.28. The summed E-state index contributed by atoms with van der Waals surface area (Å²) in [7, 11) is 0. The van der Waals surface area contributed by atoms with Crippen molar-refractivity contribution in [2.45, 2.75) is 0 Å². The van der Waals surface area contributed by atoms with Crippen molar-refractivity contribution >= 4 is 34.8 Å². The van der Waals surface area contributed by atoms with E-state index in [1.807, 2.05) is 0 Å². The summed E-state index contributed by atoms with van der Waals surface area (Å²) < 4.78 is 10.4. The maximum absolute atomic E-state index is 12.2. The molecule has 0 fully saturated rings. The van der Waals surface area contributed by atoms with E-state index in [1.54, 1.807) is 36.4 Å². The van der Waals surface area contributed by atoms with E-state index in [4.69, 9.17) is 32.7 Å². The number of hydrogen-bond donors (Lipinski definition) is 1. The van der Waals surface area contributed by atoms with Gasteiger partial charge >= 0.3 is 0 Å². The smallest absolute Gasteiger partial charge is 0.255 e. The first-order valence-electron chi connectivity index (χ1n) is 5.79. The molecule has 3 rings (SSSR count). The van der Waals surface area contributed by atoms with Crippen LogP contribution in [0.3, 0.4) is 0 Å². The Hall–Kier alpha value is -1.91. The van der Waals surface area contributed by atoms with E-state index < -0.39 is 0 Å². The molecule has 0 spiro atoms. The van der Waals surface area contributed by atoms with E-state index in [1.165, 1.54) is 0 Å². The van der Waals surface area contributed by atoms with Crippen LogP contribution in [-0.4, -0.2) is 12.7 Å². The van der Waals surface area contributed by atoms with Crippen molar-refractivity contribution in [2.24, 2.45) is 0 Å². The maximum Gasteiger partial charge on any atom is 0.255 e. The fraction of sp³-hybridized carbons (Fsp3) is 0.0714. The SMILES string of the molecule is O=C(Nc1ccc(Cl)cc1Cl)c1ccc2c(c1)OCO2. The van der Waals surface area contributed by atoms with Crippen LogP contribution >= 0.6 is 23.2 Å². The molecule has 0 saturated carbocycles. The molecule has 0 radical (unpaired) electrons. The number of anilines is 1. The summed E-state index contributed by atoms with van der Waals surface area (Å²) in [6.07, 6.45) is 0. The van der Waals surface area contributed by atoms with Gasteiger partial charge in [0.25, 0.3) is 5.91 Å². The van der Waals surface area contributed by atoms with Crippen molar-refractivity contribution < 1.29 is 14.3 Å². The molecular weight excluding hydrogens is 301 g/mol. The highest BCUT2D eigenvalue weighted by atomic mass is 35.5. The molecule has 2 aromatic carbocycles. The fourth-order valence-electron chi connectivity index (χ4n) is 1.82. The summed E-state index contributed by atoms with van der Waals surface area (Å²) in [4.78, 5) is 12.2. The Bertz CT molecular complexity index is 688. The van der Waals surface area contributed by atoms with Crippen molar-refractivity contribution in [1.29, 1.82) is 0 Å². The van der Waals surface area contributed by atoms with E-state index in [0.717, 1.165) is 0 Å². The Balaban J connectivity index is 1.82. The van der Waals surface area contributed by atoms with Crippen LogP contribution in [0, 0.1) is 0 Å². The van der Waals surface area contributed by atoms with Gasteiger partial charge < -0.3 is 14.8 Å². The van der Waals surface area contributed by atoms with Gasteiger partial charge in [-0.25, -0.2) is 0 Å². The van der Waals surface area contributed by atoms with E-state index in [-0.39, 0.29) is 12.7 Å². The Labute approximate surface area is 125 Å². The predicted octanol–water partition coefficient (Wildman–Crippen LogP) is 3.97. The number of carbonyl (C=O) groups is 1. The summed E-state index contributed by atoms with van der Waals surface area (Å²) in [6.45, 7) is 0.170. The van der Waals surface area contributed by atoms with Gasteiger partial charge in [-0.2, -0.15) is 0 Å². The standard InChI is InChI=1S/C14H9Cl2NO3/c15-9-2-3-11(10(16)6-9)17-14(18)8-1-4-12-13(5-8)20-7-19-12/h1-6H,7H2,(H,17,18). The zero-order chi connectivity index (χ0) is 14.1. The number of benzene rings is 2. The third kappa shape index (κ3) is 2.53. The summed E-state index contributed by atoms with van der Waals surface area (Å²) in [5, 5.41) is 3.61. The molecule has 0 aliphatic carbocycles. The summed E-state index contributed by atoms with van der Waals surface area (Å²) in [6, 6.07) is 9.85. The lowest BCUT2D eigenvalue weighted by Crippen LogP contribution is -2.12. The van der Waals surface area contributed by atoms with Gasteiger partial charge in [0.15, 0.2) is 11.5 Å². The Morgan fingerprint density at radius 1 is 1.05 bits per heavy atom. The van der Waals surface area contributed by atoms with Crippen LogP contribution < -0.4 is 14.8 Å². The lowest BCUT2D eigenvalue weighted by molar-refractivity contribution is 0.102. The predicted molar refractivity (Wildman–Crippen MR) is 77.0 cm³/mol. The lowest BCUT2D eigenvalue weighted by atomic mass is 10.2. The van der Waals surface area contributed by atoms with Gasteiger partial charge in [-0.05, 0) is 36.4 Å². The number of halogens is 2. The molecule has 4 nitrogen and oxygen atoms in total. The van der Waals surface area contributed by atoms with E-state index in [2.05, 4.69) is 5.32 Å². The highest BCUT2D eigenvalue weighted by Gasteiger charge is 2.16. The number of hydrogen-bond acceptors (Lipinski definition) is 3. The first kappa shape index (κ1) is 13.1. The van der Waals surface area contributed by atoms with Gasteiger partial charge in [0.05, 0.1) is 10.7 Å². The zero-order valence-electron chi connectivity index (χ0n) is 10.2. The average molecular weight is 310 g/mol. The molecule has 0 aromatic heterocycles. The molecule has 0 unspecified atom stereocenters. The van der Waals surface area contributed by atoms with E-state index in [0.29, 0.717) is 32.8 Å². The topological polar surface area (TPSA) is 47.6 Å². The summed E-state index contributed by atoms with van der Waals surface area (Å²) in [5.74, 6) is 0.901. The van der Waals surface area contributed by atoms with Crippen LogP contribution in [0.4, 0.5) is 5.69 Å². The van der Waals surface area contributed by atoms with E-state index >= 15 is 0 Å². The van der Waals surface area contributed by atoms with Crippen molar-refractivity contribution in [3.63, 3.8) is 0 Å². The van der Waals surface area contributed by atoms with Crippen LogP contribution in [0.5, 0.6) is 11.5 Å². The van der Waals surface area contributed by atoms with Crippen LogP contribution in [-0.2, 0) is 0 Å². The van der Waals surface area contributed by atoms with Gasteiger partial charge in [0.1, 0.15) is 0 Å².